The van der Waals surface area contributed by atoms with Crippen molar-refractivity contribution in [1.82, 2.24) is 20.1 Å². The van der Waals surface area contributed by atoms with Crippen molar-refractivity contribution in [2.45, 2.75) is 13.5 Å². The van der Waals surface area contributed by atoms with E-state index in [0.29, 0.717) is 28.3 Å². The number of pyridine rings is 1. The number of amides is 1. The van der Waals surface area contributed by atoms with E-state index in [4.69, 9.17) is 4.74 Å². The summed E-state index contributed by atoms with van der Waals surface area (Å²) in [7, 11) is 1.83. The van der Waals surface area contributed by atoms with Crippen molar-refractivity contribution in [3.63, 3.8) is 0 Å². The predicted octanol–water partition coefficient (Wildman–Crippen LogP) is 4.79. The van der Waals surface area contributed by atoms with Gasteiger partial charge in [-0.2, -0.15) is 5.10 Å². The lowest BCUT2D eigenvalue weighted by Gasteiger charge is -2.13. The van der Waals surface area contributed by atoms with E-state index in [1.165, 1.54) is 12.1 Å². The minimum Gasteiger partial charge on any atom is -0.457 e. The molecule has 0 saturated carbocycles. The first-order valence-electron chi connectivity index (χ1n) is 9.86. The highest BCUT2D eigenvalue weighted by molar-refractivity contribution is 5.96. The molecular weight excluding hydrogens is 414 g/mol. The van der Waals surface area contributed by atoms with Gasteiger partial charge in [0.1, 0.15) is 11.5 Å². The molecule has 0 radical (unpaired) electrons. The van der Waals surface area contributed by atoms with Gasteiger partial charge >= 0.3 is 0 Å². The average Bonchev–Trinajstić information content (AvgIpc) is 3.22. The van der Waals surface area contributed by atoms with Crippen molar-refractivity contribution >= 4 is 5.91 Å². The number of hydrogen-bond donors (Lipinski definition) is 1. The maximum atomic E-state index is 13.8. The Bertz CT molecular complexity index is 1290. The van der Waals surface area contributed by atoms with Crippen LogP contribution in [0.5, 0.6) is 11.5 Å². The zero-order valence-electron chi connectivity index (χ0n) is 17.5. The van der Waals surface area contributed by atoms with Crippen LogP contribution in [-0.4, -0.2) is 20.7 Å². The Kier molecular flexibility index (Phi) is 5.93. The van der Waals surface area contributed by atoms with E-state index < -0.39 is 17.5 Å². The van der Waals surface area contributed by atoms with Gasteiger partial charge in [-0.15, -0.1) is 0 Å². The van der Waals surface area contributed by atoms with E-state index in [2.05, 4.69) is 15.4 Å². The summed E-state index contributed by atoms with van der Waals surface area (Å²) in [6, 6.07) is 12.5. The summed E-state index contributed by atoms with van der Waals surface area (Å²) in [6.45, 7) is 1.63. The molecule has 2 aromatic heterocycles. The molecule has 162 valence electrons. The van der Waals surface area contributed by atoms with Gasteiger partial charge in [-0.3, -0.25) is 14.5 Å². The van der Waals surface area contributed by atoms with Gasteiger partial charge < -0.3 is 10.1 Å². The molecule has 2 aromatic carbocycles. The molecule has 0 aliphatic rings. The first-order chi connectivity index (χ1) is 15.4. The minimum absolute atomic E-state index is 0.0723. The third-order valence-electron chi connectivity index (χ3n) is 4.96. The summed E-state index contributed by atoms with van der Waals surface area (Å²) < 4.78 is 34.9. The molecule has 0 bridgehead atoms. The summed E-state index contributed by atoms with van der Waals surface area (Å²) in [4.78, 5) is 17.0. The van der Waals surface area contributed by atoms with E-state index in [1.807, 2.05) is 13.2 Å². The van der Waals surface area contributed by atoms with E-state index in [1.54, 1.807) is 54.3 Å². The second-order valence-electron chi connectivity index (χ2n) is 7.21. The molecule has 0 atom stereocenters. The van der Waals surface area contributed by atoms with Crippen molar-refractivity contribution < 1.29 is 18.3 Å². The fraction of sp³-hybridized carbons (Fsp3) is 0.125. The van der Waals surface area contributed by atoms with Crippen molar-refractivity contribution in [3.05, 3.63) is 95.4 Å². The number of carbonyl (C=O) groups excluding carboxylic acids is 1. The quantitative estimate of drug-likeness (QED) is 0.474. The summed E-state index contributed by atoms with van der Waals surface area (Å²) in [5, 5.41) is 6.78. The molecule has 6 nitrogen and oxygen atoms in total. The molecule has 32 heavy (non-hydrogen) atoms. The third-order valence-corrected chi connectivity index (χ3v) is 4.96. The highest BCUT2D eigenvalue weighted by Gasteiger charge is 2.15. The standard InChI is InChI=1S/C24H20F2N4O2/c1-15-19(24(31)28-12-16-5-3-7-20(25)23(16)26)6-4-8-22(15)32-18-9-10-27-21(11-18)17-13-29-30(2)14-17/h3-11,13-14H,12H2,1-2H3,(H,28,31). The molecule has 0 unspecified atom stereocenters. The number of halogens is 2. The average molecular weight is 434 g/mol. The van der Waals surface area contributed by atoms with Crippen LogP contribution in [0.3, 0.4) is 0 Å². The first kappa shape index (κ1) is 21.2. The maximum absolute atomic E-state index is 13.8. The SMILES string of the molecule is Cc1c(Oc2ccnc(-c3cnn(C)c3)c2)cccc1C(=O)NCc1cccc(F)c1F. The maximum Gasteiger partial charge on any atom is 0.251 e. The molecule has 8 heteroatoms. The van der Waals surface area contributed by atoms with Crippen molar-refractivity contribution in [2.24, 2.45) is 7.05 Å². The second kappa shape index (κ2) is 8.97. The van der Waals surface area contributed by atoms with Crippen molar-refractivity contribution in [1.29, 1.82) is 0 Å². The molecule has 2 heterocycles. The Balaban J connectivity index is 1.51. The summed E-state index contributed by atoms with van der Waals surface area (Å²) >= 11 is 0. The van der Waals surface area contributed by atoms with Gasteiger partial charge in [0.2, 0.25) is 0 Å². The van der Waals surface area contributed by atoms with Crippen LogP contribution in [0, 0.1) is 18.6 Å². The van der Waals surface area contributed by atoms with Crippen LogP contribution in [0.4, 0.5) is 8.78 Å². The second-order valence-corrected chi connectivity index (χ2v) is 7.21. The summed E-state index contributed by atoms with van der Waals surface area (Å²) in [6.07, 6.45) is 5.20. The molecule has 4 aromatic rings. The lowest BCUT2D eigenvalue weighted by Crippen LogP contribution is -2.24. The third kappa shape index (κ3) is 4.49. The van der Waals surface area contributed by atoms with Gasteiger partial charge in [0.25, 0.3) is 5.91 Å². The van der Waals surface area contributed by atoms with Crippen LogP contribution in [0.25, 0.3) is 11.3 Å². The first-order valence-corrected chi connectivity index (χ1v) is 9.86. The molecule has 0 aliphatic heterocycles. The molecule has 0 spiro atoms. The number of nitrogens with zero attached hydrogens (tertiary/aromatic N) is 3. The lowest BCUT2D eigenvalue weighted by atomic mass is 10.1. The number of aryl methyl sites for hydroxylation is 1. The van der Waals surface area contributed by atoms with Gasteiger partial charge in [-0.25, -0.2) is 8.78 Å². The van der Waals surface area contributed by atoms with Crippen LogP contribution in [-0.2, 0) is 13.6 Å². The largest absolute Gasteiger partial charge is 0.457 e. The van der Waals surface area contributed by atoms with Gasteiger partial charge in [-0.1, -0.05) is 18.2 Å². The Hall–Kier alpha value is -4.07. The number of nitrogens with one attached hydrogen (secondary N) is 1. The molecule has 4 rings (SSSR count). The van der Waals surface area contributed by atoms with Crippen molar-refractivity contribution in [3.8, 4) is 22.8 Å². The minimum atomic E-state index is -0.969. The Morgan fingerprint density at radius 2 is 1.97 bits per heavy atom. The lowest BCUT2D eigenvalue weighted by molar-refractivity contribution is 0.0949. The summed E-state index contributed by atoms with van der Waals surface area (Å²) in [5.74, 6) is -1.28. The number of carbonyl (C=O) groups is 1. The fourth-order valence-electron chi connectivity index (χ4n) is 3.24. The highest BCUT2D eigenvalue weighted by Crippen LogP contribution is 2.29. The number of aromatic nitrogens is 3. The zero-order valence-corrected chi connectivity index (χ0v) is 17.5. The topological polar surface area (TPSA) is 69.0 Å². The molecular formula is C24H20F2N4O2. The van der Waals surface area contributed by atoms with Crippen LogP contribution in [0.15, 0.2) is 67.1 Å². The zero-order chi connectivity index (χ0) is 22.7. The monoisotopic (exact) mass is 434 g/mol. The van der Waals surface area contributed by atoms with E-state index in [0.717, 1.165) is 11.6 Å². The van der Waals surface area contributed by atoms with E-state index >= 15 is 0 Å². The molecule has 1 N–H and O–H groups in total. The van der Waals surface area contributed by atoms with Gasteiger partial charge in [0, 0.05) is 54.3 Å². The van der Waals surface area contributed by atoms with Crippen LogP contribution >= 0.6 is 0 Å². The van der Waals surface area contributed by atoms with E-state index in [9.17, 15) is 13.6 Å². The normalized spacial score (nSPS) is 10.8. The number of ether oxygens (including phenoxy) is 1. The van der Waals surface area contributed by atoms with Crippen LogP contribution in [0.1, 0.15) is 21.5 Å². The molecule has 0 saturated heterocycles. The molecule has 0 fully saturated rings. The molecule has 1 amide bonds. The van der Waals surface area contributed by atoms with Gasteiger partial charge in [0.15, 0.2) is 11.6 Å². The number of rotatable bonds is 6. The molecule has 0 aliphatic carbocycles. The Labute approximate surface area is 183 Å². The summed E-state index contributed by atoms with van der Waals surface area (Å²) in [5.41, 5.74) is 2.63. The predicted molar refractivity (Wildman–Crippen MR) is 115 cm³/mol. The number of hydrogen-bond acceptors (Lipinski definition) is 4. The van der Waals surface area contributed by atoms with E-state index in [-0.39, 0.29) is 12.1 Å². The Morgan fingerprint density at radius 3 is 2.75 bits per heavy atom. The highest BCUT2D eigenvalue weighted by atomic mass is 19.2. The van der Waals surface area contributed by atoms with Crippen LogP contribution in [0.2, 0.25) is 0 Å². The number of benzene rings is 2. The van der Waals surface area contributed by atoms with Crippen molar-refractivity contribution in [2.75, 3.05) is 0 Å². The van der Waals surface area contributed by atoms with Gasteiger partial charge in [0.05, 0.1) is 11.9 Å². The Morgan fingerprint density at radius 1 is 1.16 bits per heavy atom. The fourth-order valence-corrected chi connectivity index (χ4v) is 3.24. The smallest absolute Gasteiger partial charge is 0.251 e. The van der Waals surface area contributed by atoms with Crippen LogP contribution < -0.4 is 10.1 Å². The van der Waals surface area contributed by atoms with Gasteiger partial charge in [-0.05, 0) is 31.2 Å².